The number of primary amides is 1. The van der Waals surface area contributed by atoms with Crippen LogP contribution in [0.5, 0.6) is 0 Å². The van der Waals surface area contributed by atoms with Crippen molar-refractivity contribution in [1.29, 1.82) is 5.26 Å². The predicted octanol–water partition coefficient (Wildman–Crippen LogP) is -0.583. The van der Waals surface area contributed by atoms with E-state index in [0.29, 0.717) is 37.2 Å². The second kappa shape index (κ2) is 7.46. The average molecular weight is 396 g/mol. The number of carbonyl (C=O) groups excluding carboxylic acids is 3. The number of rotatable bonds is 5. The highest BCUT2D eigenvalue weighted by molar-refractivity contribution is 6.07. The summed E-state index contributed by atoms with van der Waals surface area (Å²) in [4.78, 5) is 42.6. The molecule has 152 valence electrons. The lowest BCUT2D eigenvalue weighted by Crippen LogP contribution is -2.56. The predicted molar refractivity (Wildman–Crippen MR) is 105 cm³/mol. The molecular formula is C20H24N6O3. The van der Waals surface area contributed by atoms with Gasteiger partial charge in [-0.05, 0) is 31.4 Å². The molecular weight excluding hydrogens is 372 g/mol. The van der Waals surface area contributed by atoms with Gasteiger partial charge in [0.05, 0.1) is 35.4 Å². The molecule has 4 atom stereocenters. The lowest BCUT2D eigenvalue weighted by atomic mass is 10.1. The van der Waals surface area contributed by atoms with E-state index in [-0.39, 0.29) is 30.4 Å². The highest BCUT2D eigenvalue weighted by atomic mass is 16.2. The monoisotopic (exact) mass is 396 g/mol. The summed E-state index contributed by atoms with van der Waals surface area (Å²) in [6.07, 6.45) is 2.10. The molecule has 0 spiro atoms. The zero-order valence-corrected chi connectivity index (χ0v) is 16.0. The van der Waals surface area contributed by atoms with Crippen molar-refractivity contribution in [1.82, 2.24) is 9.80 Å². The number of piperazine rings is 1. The summed E-state index contributed by atoms with van der Waals surface area (Å²) in [5.74, 6) is -0.913. The highest BCUT2D eigenvalue weighted by Crippen LogP contribution is 2.37. The van der Waals surface area contributed by atoms with Gasteiger partial charge >= 0.3 is 0 Å². The molecule has 1 aromatic rings. The third-order valence-corrected chi connectivity index (χ3v) is 6.13. The topological polar surface area (TPSA) is 137 Å². The molecule has 3 aliphatic rings. The molecule has 0 saturated carbocycles. The van der Waals surface area contributed by atoms with Crippen LogP contribution in [0.2, 0.25) is 0 Å². The van der Waals surface area contributed by atoms with Gasteiger partial charge in [-0.3, -0.25) is 19.3 Å². The van der Waals surface area contributed by atoms with E-state index in [1.54, 1.807) is 34.1 Å². The molecule has 0 aromatic heterocycles. The summed E-state index contributed by atoms with van der Waals surface area (Å²) in [5.41, 5.74) is 12.5. The summed E-state index contributed by atoms with van der Waals surface area (Å²) in [6.45, 7) is 1.39. The fraction of sp³-hybridized carbons (Fsp3) is 0.500. The van der Waals surface area contributed by atoms with E-state index < -0.39 is 18.0 Å². The molecule has 4 N–H and O–H groups in total. The van der Waals surface area contributed by atoms with Crippen molar-refractivity contribution in [3.05, 3.63) is 29.8 Å². The zero-order valence-electron chi connectivity index (χ0n) is 16.0. The first-order valence-corrected chi connectivity index (χ1v) is 9.84. The van der Waals surface area contributed by atoms with Gasteiger partial charge in [-0.15, -0.1) is 0 Å². The van der Waals surface area contributed by atoms with Crippen molar-refractivity contribution < 1.29 is 14.4 Å². The maximum atomic E-state index is 13.0. The first-order valence-electron chi connectivity index (χ1n) is 9.84. The van der Waals surface area contributed by atoms with Gasteiger partial charge < -0.3 is 21.3 Å². The molecule has 0 aliphatic carbocycles. The molecule has 9 heteroatoms. The van der Waals surface area contributed by atoms with Crippen molar-refractivity contribution in [2.24, 2.45) is 11.5 Å². The molecule has 3 amide bonds. The molecule has 1 aromatic carbocycles. The molecule has 29 heavy (non-hydrogen) atoms. The molecule has 3 heterocycles. The summed E-state index contributed by atoms with van der Waals surface area (Å²) >= 11 is 0. The van der Waals surface area contributed by atoms with Crippen molar-refractivity contribution in [2.75, 3.05) is 24.5 Å². The molecule has 3 saturated heterocycles. The standard InChI is InChI=1S/C20H24N6O3/c21-9-12-4-3-7-25(12)19(28)15(22)11-24-10-13-8-17(24)20(29)26(13)16-6-2-1-5-14(16)18(23)27/h1-2,5-6,12-13,15,17H,3-4,7-8,10-11,22H2,(H2,23,27)/t12-,13?,15-,17+/m0/s1. The largest absolute Gasteiger partial charge is 0.366 e. The van der Waals surface area contributed by atoms with Gasteiger partial charge in [0.2, 0.25) is 11.8 Å². The maximum Gasteiger partial charge on any atom is 0.250 e. The van der Waals surface area contributed by atoms with Crippen LogP contribution in [0.4, 0.5) is 5.69 Å². The van der Waals surface area contributed by atoms with Crippen LogP contribution in [0.25, 0.3) is 0 Å². The van der Waals surface area contributed by atoms with E-state index in [2.05, 4.69) is 6.07 Å². The number of amides is 3. The summed E-state index contributed by atoms with van der Waals surface area (Å²) in [7, 11) is 0. The number of likely N-dealkylation sites (tertiary alicyclic amines) is 2. The Balaban J connectivity index is 1.45. The summed E-state index contributed by atoms with van der Waals surface area (Å²) in [5, 5.41) is 9.19. The van der Waals surface area contributed by atoms with Crippen LogP contribution in [-0.4, -0.2) is 71.3 Å². The first-order chi connectivity index (χ1) is 13.9. The van der Waals surface area contributed by atoms with Crippen LogP contribution in [-0.2, 0) is 9.59 Å². The van der Waals surface area contributed by atoms with Crippen LogP contribution < -0.4 is 16.4 Å². The van der Waals surface area contributed by atoms with E-state index in [1.807, 2.05) is 4.90 Å². The number of hydrogen-bond acceptors (Lipinski definition) is 6. The number of fused-ring (bicyclic) bond motifs is 2. The number of hydrogen-bond donors (Lipinski definition) is 2. The minimum Gasteiger partial charge on any atom is -0.366 e. The molecule has 3 fully saturated rings. The second-order valence-corrected chi connectivity index (χ2v) is 7.87. The van der Waals surface area contributed by atoms with Crippen LogP contribution in [0.3, 0.4) is 0 Å². The quantitative estimate of drug-likeness (QED) is 0.683. The number of nitrogens with two attached hydrogens (primary N) is 2. The Bertz CT molecular complexity index is 896. The highest BCUT2D eigenvalue weighted by Gasteiger charge is 2.51. The number of nitriles is 1. The smallest absolute Gasteiger partial charge is 0.250 e. The summed E-state index contributed by atoms with van der Waals surface area (Å²) < 4.78 is 0. The molecule has 0 radical (unpaired) electrons. The van der Waals surface area contributed by atoms with E-state index in [9.17, 15) is 19.6 Å². The van der Waals surface area contributed by atoms with Crippen LogP contribution >= 0.6 is 0 Å². The Morgan fingerprint density at radius 1 is 1.31 bits per heavy atom. The normalized spacial score (nSPS) is 27.3. The van der Waals surface area contributed by atoms with E-state index in [1.165, 1.54) is 0 Å². The van der Waals surface area contributed by atoms with Gasteiger partial charge in [0.25, 0.3) is 5.91 Å². The second-order valence-electron chi connectivity index (χ2n) is 7.87. The maximum absolute atomic E-state index is 13.0. The summed E-state index contributed by atoms with van der Waals surface area (Å²) in [6, 6.07) is 7.34. The Hall–Kier alpha value is -2.96. The van der Waals surface area contributed by atoms with E-state index >= 15 is 0 Å². The van der Waals surface area contributed by atoms with Gasteiger partial charge in [0, 0.05) is 19.6 Å². The number of para-hydroxylation sites is 1. The van der Waals surface area contributed by atoms with Gasteiger partial charge in [-0.2, -0.15) is 5.26 Å². The van der Waals surface area contributed by atoms with Crippen molar-refractivity contribution in [2.45, 2.75) is 43.4 Å². The van der Waals surface area contributed by atoms with E-state index in [0.717, 1.165) is 6.42 Å². The third kappa shape index (κ3) is 3.24. The van der Waals surface area contributed by atoms with Gasteiger partial charge in [0.1, 0.15) is 6.04 Å². The van der Waals surface area contributed by atoms with Gasteiger partial charge in [0.15, 0.2) is 0 Å². The van der Waals surface area contributed by atoms with Crippen LogP contribution in [0.15, 0.2) is 24.3 Å². The van der Waals surface area contributed by atoms with Crippen molar-refractivity contribution in [3.63, 3.8) is 0 Å². The zero-order chi connectivity index (χ0) is 20.7. The van der Waals surface area contributed by atoms with Gasteiger partial charge in [-0.25, -0.2) is 0 Å². The molecule has 2 bridgehead atoms. The lowest BCUT2D eigenvalue weighted by Gasteiger charge is -2.36. The van der Waals surface area contributed by atoms with Gasteiger partial charge in [-0.1, -0.05) is 12.1 Å². The van der Waals surface area contributed by atoms with Crippen molar-refractivity contribution >= 4 is 23.4 Å². The SMILES string of the molecule is N#C[C@@H]1CCCN1C(=O)[C@@H](N)CN1CC2C[C@@H]1C(=O)N2c1ccccc1C(N)=O. The number of nitrogens with zero attached hydrogens (tertiary/aromatic N) is 4. The third-order valence-electron chi connectivity index (χ3n) is 6.13. The van der Waals surface area contributed by atoms with Crippen LogP contribution in [0, 0.1) is 11.3 Å². The minimum atomic E-state index is -0.776. The first kappa shape index (κ1) is 19.4. The Morgan fingerprint density at radius 2 is 2.07 bits per heavy atom. The molecule has 1 unspecified atom stereocenters. The fourth-order valence-corrected chi connectivity index (χ4v) is 4.78. The lowest BCUT2D eigenvalue weighted by molar-refractivity contribution is -0.134. The van der Waals surface area contributed by atoms with E-state index in [4.69, 9.17) is 11.5 Å². The average Bonchev–Trinajstić information content (AvgIpc) is 3.41. The Labute approximate surface area is 168 Å². The molecule has 9 nitrogen and oxygen atoms in total. The number of anilines is 1. The number of benzene rings is 1. The number of carbonyl (C=O) groups is 3. The van der Waals surface area contributed by atoms with Crippen LogP contribution in [0.1, 0.15) is 29.6 Å². The molecule has 4 rings (SSSR count). The Morgan fingerprint density at radius 3 is 2.76 bits per heavy atom. The fourth-order valence-electron chi connectivity index (χ4n) is 4.78. The van der Waals surface area contributed by atoms with Crippen molar-refractivity contribution in [3.8, 4) is 6.07 Å². The Kier molecular flexibility index (Phi) is 4.98. The minimum absolute atomic E-state index is 0.0889. The molecule has 3 aliphatic heterocycles.